The Hall–Kier alpha value is -1.36. The average Bonchev–Trinajstić information content (AvgIpc) is 2.87. The lowest BCUT2D eigenvalue weighted by Gasteiger charge is -2.69. The maximum atomic E-state index is 10.5. The molecule has 0 aliphatic carbocycles. The van der Waals surface area contributed by atoms with E-state index in [-0.39, 0.29) is 0 Å². The minimum absolute atomic E-state index is 0.299. The minimum Gasteiger partial charge on any atom is -0.367 e. The molecule has 4 fully saturated rings. The summed E-state index contributed by atoms with van der Waals surface area (Å²) in [7, 11) is 4.72. The van der Waals surface area contributed by atoms with Gasteiger partial charge in [-0.15, -0.1) is 0 Å². The van der Waals surface area contributed by atoms with Crippen molar-refractivity contribution in [2.45, 2.75) is 44.2 Å². The van der Waals surface area contributed by atoms with Crippen LogP contribution in [0.3, 0.4) is 0 Å². The number of ether oxygens (including phenoxy) is 1. The molecule has 0 saturated carbocycles. The van der Waals surface area contributed by atoms with E-state index in [4.69, 9.17) is 4.74 Å². The van der Waals surface area contributed by atoms with E-state index in [0.717, 1.165) is 17.5 Å². The van der Waals surface area contributed by atoms with Gasteiger partial charge in [-0.05, 0) is 24.5 Å². The third kappa shape index (κ3) is 1.48. The predicted molar refractivity (Wildman–Crippen MR) is 95.8 cm³/mol. The quantitative estimate of drug-likeness (QED) is 0.749. The predicted octanol–water partition coefficient (Wildman–Crippen LogP) is 2.59. The number of fused-ring (bicyclic) bond motifs is 3. The summed E-state index contributed by atoms with van der Waals surface area (Å²) in [4.78, 5) is 0. The number of hydrogen-bond donors (Lipinski definition) is 1. The first kappa shape index (κ1) is 14.8. The van der Waals surface area contributed by atoms with Crippen molar-refractivity contribution in [3.63, 3.8) is 0 Å². The van der Waals surface area contributed by atoms with E-state index in [2.05, 4.69) is 49.9 Å². The standard InChI is InChI=1S/C21H27N2O2/c1-11-19-13-8-18-20-14(12-6-4-5-7-16(12)22(20)2)9-17(23(11,18)3)15(13)10-25-21(19)24/h4-7,11,13,15,17-19,21,24H,8-10H2,1-3H3/q+1. The van der Waals surface area contributed by atoms with Crippen molar-refractivity contribution < 1.29 is 14.3 Å². The highest BCUT2D eigenvalue weighted by Crippen LogP contribution is 2.62. The molecule has 4 heteroatoms. The minimum atomic E-state index is -0.568. The summed E-state index contributed by atoms with van der Waals surface area (Å²) in [6.07, 6.45) is 1.79. The van der Waals surface area contributed by atoms with Crippen molar-refractivity contribution in [1.29, 1.82) is 0 Å². The molecular formula is C21H27N2O2+. The summed E-state index contributed by atoms with van der Waals surface area (Å²) in [5.41, 5.74) is 4.51. The Morgan fingerprint density at radius 3 is 2.88 bits per heavy atom. The van der Waals surface area contributed by atoms with E-state index in [1.54, 1.807) is 11.3 Å². The first-order valence-electron chi connectivity index (χ1n) is 9.75. The molecule has 1 aromatic heterocycles. The number of hydrogen-bond acceptors (Lipinski definition) is 2. The summed E-state index contributed by atoms with van der Waals surface area (Å²) in [6.45, 7) is 3.10. The van der Waals surface area contributed by atoms with Gasteiger partial charge in [-0.1, -0.05) is 18.2 Å². The zero-order valence-electron chi connectivity index (χ0n) is 15.2. The fraction of sp³-hybridized carbons (Fsp3) is 0.619. The van der Waals surface area contributed by atoms with Gasteiger partial charge in [0.15, 0.2) is 6.29 Å². The molecule has 132 valence electrons. The molecule has 0 radical (unpaired) electrons. The molecule has 6 heterocycles. The number of nitrogens with zero attached hydrogens (tertiary/aromatic N) is 2. The van der Waals surface area contributed by atoms with E-state index in [9.17, 15) is 5.11 Å². The Kier molecular flexibility index (Phi) is 2.65. The van der Waals surface area contributed by atoms with Gasteiger partial charge < -0.3 is 18.9 Å². The summed E-state index contributed by atoms with van der Waals surface area (Å²) in [5.74, 6) is 1.50. The van der Waals surface area contributed by atoms with E-state index in [1.165, 1.54) is 17.3 Å². The SMILES string of the molecule is CC1C2C(O)OCC3C2CC2c4c(c5ccccc5n4C)CC3[N+]21C. The van der Waals surface area contributed by atoms with Crippen molar-refractivity contribution in [3.05, 3.63) is 35.5 Å². The number of aryl methyl sites for hydroxylation is 1. The summed E-state index contributed by atoms with van der Waals surface area (Å²) < 4.78 is 9.39. The van der Waals surface area contributed by atoms with Gasteiger partial charge in [0.25, 0.3) is 0 Å². The number of aliphatic hydroxyl groups excluding tert-OH is 1. The van der Waals surface area contributed by atoms with Crippen LogP contribution in [-0.2, 0) is 18.2 Å². The Labute approximate surface area is 148 Å². The molecule has 4 nitrogen and oxygen atoms in total. The second-order valence-corrected chi connectivity index (χ2v) is 9.05. The second kappa shape index (κ2) is 4.48. The topological polar surface area (TPSA) is 34.4 Å². The maximum Gasteiger partial charge on any atom is 0.163 e. The lowest BCUT2D eigenvalue weighted by atomic mass is 9.56. The van der Waals surface area contributed by atoms with Crippen LogP contribution in [0, 0.1) is 17.8 Å². The van der Waals surface area contributed by atoms with Gasteiger partial charge in [-0.2, -0.15) is 0 Å². The van der Waals surface area contributed by atoms with E-state index in [1.807, 2.05) is 0 Å². The lowest BCUT2D eigenvalue weighted by molar-refractivity contribution is -1.01. The molecule has 5 aliphatic heterocycles. The van der Waals surface area contributed by atoms with E-state index < -0.39 is 6.29 Å². The molecule has 6 bridgehead atoms. The summed E-state index contributed by atoms with van der Waals surface area (Å²) in [5, 5.41) is 12.0. The number of para-hydroxylation sites is 1. The van der Waals surface area contributed by atoms with Gasteiger partial charge in [0.05, 0.1) is 37.4 Å². The summed E-state index contributed by atoms with van der Waals surface area (Å²) >= 11 is 0. The molecule has 8 atom stereocenters. The number of aliphatic hydroxyl groups is 1. The van der Waals surface area contributed by atoms with Crippen LogP contribution in [0.15, 0.2) is 24.3 Å². The van der Waals surface area contributed by atoms with Crippen LogP contribution in [0.4, 0.5) is 0 Å². The Bertz CT molecular complexity index is 887. The first-order chi connectivity index (χ1) is 12.0. The second-order valence-electron chi connectivity index (χ2n) is 9.05. The van der Waals surface area contributed by atoms with Crippen LogP contribution in [0.5, 0.6) is 0 Å². The van der Waals surface area contributed by atoms with Crippen LogP contribution in [0.25, 0.3) is 10.9 Å². The van der Waals surface area contributed by atoms with Crippen molar-refractivity contribution in [3.8, 4) is 0 Å². The Morgan fingerprint density at radius 2 is 2.04 bits per heavy atom. The maximum absolute atomic E-state index is 10.5. The van der Waals surface area contributed by atoms with Gasteiger partial charge in [-0.25, -0.2) is 0 Å². The van der Waals surface area contributed by atoms with Gasteiger partial charge in [0.1, 0.15) is 6.04 Å². The highest BCUT2D eigenvalue weighted by atomic mass is 16.6. The van der Waals surface area contributed by atoms with Crippen LogP contribution in [-0.4, -0.2) is 46.2 Å². The average molecular weight is 339 g/mol. The highest BCUT2D eigenvalue weighted by Gasteiger charge is 2.69. The highest BCUT2D eigenvalue weighted by molar-refractivity contribution is 5.86. The van der Waals surface area contributed by atoms with Crippen LogP contribution in [0.2, 0.25) is 0 Å². The van der Waals surface area contributed by atoms with Gasteiger partial charge >= 0.3 is 0 Å². The third-order valence-corrected chi connectivity index (χ3v) is 8.63. The van der Waals surface area contributed by atoms with Gasteiger partial charge in [-0.3, -0.25) is 0 Å². The molecule has 25 heavy (non-hydrogen) atoms. The molecule has 4 saturated heterocycles. The molecule has 1 N–H and O–H groups in total. The molecule has 1 aromatic carbocycles. The first-order valence-corrected chi connectivity index (χ1v) is 9.75. The Morgan fingerprint density at radius 1 is 1.24 bits per heavy atom. The zero-order chi connectivity index (χ0) is 17.1. The van der Waals surface area contributed by atoms with E-state index in [0.29, 0.717) is 35.9 Å². The number of aromatic nitrogens is 1. The largest absolute Gasteiger partial charge is 0.367 e. The Balaban J connectivity index is 1.62. The third-order valence-electron chi connectivity index (χ3n) is 8.63. The van der Waals surface area contributed by atoms with Crippen LogP contribution < -0.4 is 0 Å². The molecule has 0 spiro atoms. The number of rotatable bonds is 0. The van der Waals surface area contributed by atoms with Gasteiger partial charge in [0, 0.05) is 36.7 Å². The number of benzene rings is 1. The number of likely N-dealkylation sites (N-methyl/N-ethyl adjacent to an activating group) is 1. The lowest BCUT2D eigenvalue weighted by Crippen LogP contribution is -2.78. The molecule has 8 unspecified atom stereocenters. The van der Waals surface area contributed by atoms with Crippen LogP contribution >= 0.6 is 0 Å². The zero-order valence-corrected chi connectivity index (χ0v) is 15.2. The number of quaternary nitrogens is 1. The molecule has 0 amide bonds. The monoisotopic (exact) mass is 339 g/mol. The van der Waals surface area contributed by atoms with Crippen molar-refractivity contribution >= 4 is 10.9 Å². The van der Waals surface area contributed by atoms with Crippen molar-refractivity contribution in [2.24, 2.45) is 24.8 Å². The van der Waals surface area contributed by atoms with Crippen molar-refractivity contribution in [2.75, 3.05) is 13.7 Å². The van der Waals surface area contributed by atoms with Crippen molar-refractivity contribution in [1.82, 2.24) is 4.57 Å². The normalized spacial score (nSPS) is 47.1. The molecular weight excluding hydrogens is 312 g/mol. The van der Waals surface area contributed by atoms with Gasteiger partial charge in [0.2, 0.25) is 0 Å². The van der Waals surface area contributed by atoms with Crippen LogP contribution in [0.1, 0.15) is 30.6 Å². The number of piperidine rings is 3. The fourth-order valence-corrected chi connectivity index (χ4v) is 7.41. The smallest absolute Gasteiger partial charge is 0.163 e. The fourth-order valence-electron chi connectivity index (χ4n) is 7.41. The van der Waals surface area contributed by atoms with E-state index >= 15 is 0 Å². The summed E-state index contributed by atoms with van der Waals surface area (Å²) in [6, 6.07) is 10.5. The molecule has 7 rings (SSSR count). The molecule has 2 aromatic rings. The molecule has 5 aliphatic rings.